The summed E-state index contributed by atoms with van der Waals surface area (Å²) in [5.41, 5.74) is 0.752. The highest BCUT2D eigenvalue weighted by Crippen LogP contribution is 2.10. The van der Waals surface area contributed by atoms with E-state index in [1.54, 1.807) is 24.3 Å². The minimum atomic E-state index is -0.285. The zero-order chi connectivity index (χ0) is 12.9. The maximum Gasteiger partial charge on any atom is 0.311 e. The van der Waals surface area contributed by atoms with Crippen molar-refractivity contribution in [2.45, 2.75) is 32.7 Å². The molecule has 4 nitrogen and oxygen atoms in total. The van der Waals surface area contributed by atoms with E-state index in [0.717, 1.165) is 5.56 Å². The molecule has 0 unspecified atom stereocenters. The molecule has 1 aromatic rings. The molecule has 0 saturated carbocycles. The predicted octanol–water partition coefficient (Wildman–Crippen LogP) is 1.82. The third-order valence-corrected chi connectivity index (χ3v) is 2.12. The van der Waals surface area contributed by atoms with Crippen molar-refractivity contribution in [1.82, 2.24) is 5.32 Å². The number of carbonyl (C=O) groups is 1. The molecule has 0 amide bonds. The van der Waals surface area contributed by atoms with Gasteiger partial charge in [-0.1, -0.05) is 12.1 Å². The lowest BCUT2D eigenvalue weighted by Gasteiger charge is -2.20. The molecule has 0 aliphatic carbocycles. The average Bonchev–Trinajstić information content (AvgIpc) is 2.19. The highest BCUT2D eigenvalue weighted by Gasteiger charge is 2.10. The lowest BCUT2D eigenvalue weighted by molar-refractivity contribution is -0.144. The van der Waals surface area contributed by atoms with Crippen LogP contribution in [0.2, 0.25) is 0 Å². The van der Waals surface area contributed by atoms with E-state index in [-0.39, 0.29) is 30.4 Å². The summed E-state index contributed by atoms with van der Waals surface area (Å²) in [5, 5.41) is 12.2. The van der Waals surface area contributed by atoms with Gasteiger partial charge in [-0.2, -0.15) is 0 Å². The predicted molar refractivity (Wildman–Crippen MR) is 65.7 cm³/mol. The van der Waals surface area contributed by atoms with Crippen LogP contribution in [0.3, 0.4) is 0 Å². The first-order chi connectivity index (χ1) is 7.87. The third kappa shape index (κ3) is 5.92. The number of rotatable bonds is 4. The minimum absolute atomic E-state index is 0.0706. The van der Waals surface area contributed by atoms with Gasteiger partial charge < -0.3 is 9.84 Å². The van der Waals surface area contributed by atoms with E-state index >= 15 is 0 Å². The third-order valence-electron chi connectivity index (χ3n) is 2.12. The Morgan fingerprint density at radius 2 is 1.88 bits per heavy atom. The minimum Gasteiger partial charge on any atom is -0.508 e. The highest BCUT2D eigenvalue weighted by atomic mass is 16.5. The van der Waals surface area contributed by atoms with Crippen molar-refractivity contribution in [3.63, 3.8) is 0 Å². The van der Waals surface area contributed by atoms with Gasteiger partial charge >= 0.3 is 5.97 Å². The molecule has 0 saturated heterocycles. The number of esters is 1. The van der Waals surface area contributed by atoms with Crippen LogP contribution in [0.15, 0.2) is 24.3 Å². The van der Waals surface area contributed by atoms with Gasteiger partial charge in [0.1, 0.15) is 12.5 Å². The second kappa shape index (κ2) is 5.68. The zero-order valence-electron chi connectivity index (χ0n) is 10.5. The van der Waals surface area contributed by atoms with Crippen LogP contribution in [0.5, 0.6) is 5.75 Å². The van der Waals surface area contributed by atoms with Gasteiger partial charge in [-0.25, -0.2) is 0 Å². The highest BCUT2D eigenvalue weighted by molar-refractivity contribution is 5.72. The summed E-state index contributed by atoms with van der Waals surface area (Å²) in [7, 11) is 0. The summed E-state index contributed by atoms with van der Waals surface area (Å²) in [5.74, 6) is -0.0936. The Labute approximate surface area is 102 Å². The number of hydrogen-bond acceptors (Lipinski definition) is 4. The van der Waals surface area contributed by atoms with E-state index in [1.807, 2.05) is 20.8 Å². The maximum absolute atomic E-state index is 11.5. The van der Waals surface area contributed by atoms with Crippen LogP contribution < -0.4 is 5.32 Å². The monoisotopic (exact) mass is 237 g/mol. The van der Waals surface area contributed by atoms with E-state index in [4.69, 9.17) is 9.84 Å². The average molecular weight is 237 g/mol. The molecule has 2 N–H and O–H groups in total. The van der Waals surface area contributed by atoms with Crippen LogP contribution in [-0.2, 0) is 16.0 Å². The van der Waals surface area contributed by atoms with Crippen LogP contribution in [0.1, 0.15) is 26.3 Å². The Balaban J connectivity index is 2.32. The van der Waals surface area contributed by atoms with Gasteiger partial charge in [0.25, 0.3) is 0 Å². The van der Waals surface area contributed by atoms with Gasteiger partial charge in [-0.15, -0.1) is 0 Å². The van der Waals surface area contributed by atoms with Crippen molar-refractivity contribution in [2.24, 2.45) is 0 Å². The standard InChI is InChI=1S/C13H19NO3/c1-13(2,3)14-9-17-12(16)8-10-4-6-11(15)7-5-10/h4-7,14-15H,8-9H2,1-3H3. The SMILES string of the molecule is CC(C)(C)NCOC(=O)Cc1ccc(O)cc1. The number of ether oxygens (including phenoxy) is 1. The largest absolute Gasteiger partial charge is 0.508 e. The lowest BCUT2D eigenvalue weighted by Crippen LogP contribution is -2.38. The lowest BCUT2D eigenvalue weighted by atomic mass is 10.1. The van der Waals surface area contributed by atoms with Gasteiger partial charge in [0.2, 0.25) is 0 Å². The molecule has 94 valence electrons. The summed E-state index contributed by atoms with van der Waals surface area (Å²) in [6.07, 6.45) is 0.214. The van der Waals surface area contributed by atoms with Gasteiger partial charge in [0.05, 0.1) is 6.42 Å². The topological polar surface area (TPSA) is 58.6 Å². The van der Waals surface area contributed by atoms with E-state index < -0.39 is 0 Å². The van der Waals surface area contributed by atoms with Crippen LogP contribution >= 0.6 is 0 Å². The number of phenols is 1. The Kier molecular flexibility index (Phi) is 4.52. The van der Waals surface area contributed by atoms with E-state index in [0.29, 0.717) is 0 Å². The molecule has 0 aromatic heterocycles. The molecule has 1 aromatic carbocycles. The van der Waals surface area contributed by atoms with Crippen molar-refractivity contribution in [2.75, 3.05) is 6.73 Å². The van der Waals surface area contributed by atoms with E-state index in [9.17, 15) is 4.79 Å². The van der Waals surface area contributed by atoms with Gasteiger partial charge in [-0.3, -0.25) is 10.1 Å². The summed E-state index contributed by atoms with van der Waals surface area (Å²) in [6.45, 7) is 6.21. The molecule has 0 aliphatic heterocycles. The normalized spacial score (nSPS) is 11.2. The van der Waals surface area contributed by atoms with Gasteiger partial charge in [0, 0.05) is 5.54 Å². The molecule has 0 bridgehead atoms. The molecule has 0 atom stereocenters. The molecule has 0 spiro atoms. The first kappa shape index (κ1) is 13.5. The summed E-state index contributed by atoms with van der Waals surface area (Å²) >= 11 is 0. The molecule has 0 heterocycles. The van der Waals surface area contributed by atoms with Crippen molar-refractivity contribution >= 4 is 5.97 Å². The smallest absolute Gasteiger partial charge is 0.311 e. The zero-order valence-corrected chi connectivity index (χ0v) is 10.5. The fourth-order valence-electron chi connectivity index (χ4n) is 1.16. The number of carbonyl (C=O) groups excluding carboxylic acids is 1. The Morgan fingerprint density at radius 1 is 1.29 bits per heavy atom. The first-order valence-corrected chi connectivity index (χ1v) is 5.55. The van der Waals surface area contributed by atoms with Crippen LogP contribution in [-0.4, -0.2) is 23.3 Å². The van der Waals surface area contributed by atoms with Crippen LogP contribution in [0.4, 0.5) is 0 Å². The summed E-state index contributed by atoms with van der Waals surface area (Å²) in [4.78, 5) is 11.5. The second-order valence-corrected chi connectivity index (χ2v) is 4.93. The quantitative estimate of drug-likeness (QED) is 0.619. The van der Waals surface area contributed by atoms with Gasteiger partial charge in [-0.05, 0) is 38.5 Å². The van der Waals surface area contributed by atoms with Crippen molar-refractivity contribution in [3.05, 3.63) is 29.8 Å². The van der Waals surface area contributed by atoms with E-state index in [1.165, 1.54) is 0 Å². The second-order valence-electron chi connectivity index (χ2n) is 4.93. The van der Waals surface area contributed by atoms with Crippen molar-refractivity contribution < 1.29 is 14.6 Å². The van der Waals surface area contributed by atoms with Crippen molar-refractivity contribution in [3.8, 4) is 5.75 Å². The number of phenolic OH excluding ortho intramolecular Hbond substituents is 1. The van der Waals surface area contributed by atoms with Crippen LogP contribution in [0, 0.1) is 0 Å². The molecule has 17 heavy (non-hydrogen) atoms. The molecule has 4 heteroatoms. The van der Waals surface area contributed by atoms with E-state index in [2.05, 4.69) is 5.32 Å². The molecule has 1 rings (SSSR count). The molecule has 0 aliphatic rings. The number of benzene rings is 1. The Hall–Kier alpha value is -1.55. The first-order valence-electron chi connectivity index (χ1n) is 5.55. The molecular weight excluding hydrogens is 218 g/mol. The van der Waals surface area contributed by atoms with Crippen LogP contribution in [0.25, 0.3) is 0 Å². The molecular formula is C13H19NO3. The Morgan fingerprint density at radius 3 is 2.41 bits per heavy atom. The van der Waals surface area contributed by atoms with Crippen molar-refractivity contribution in [1.29, 1.82) is 0 Å². The maximum atomic E-state index is 11.5. The fourth-order valence-corrected chi connectivity index (χ4v) is 1.16. The summed E-state index contributed by atoms with van der Waals surface area (Å²) < 4.78 is 5.04. The summed E-state index contributed by atoms with van der Waals surface area (Å²) in [6, 6.07) is 6.51. The molecule has 0 fully saturated rings. The fraction of sp³-hybridized carbons (Fsp3) is 0.462. The molecule has 0 radical (unpaired) electrons. The number of aromatic hydroxyl groups is 1. The number of hydrogen-bond donors (Lipinski definition) is 2. The Bertz CT molecular complexity index is 365. The number of nitrogens with one attached hydrogen (secondary N) is 1. The van der Waals surface area contributed by atoms with Gasteiger partial charge in [0.15, 0.2) is 0 Å².